The monoisotopic (exact) mass is 236 g/mol. The van der Waals surface area contributed by atoms with E-state index in [1.807, 2.05) is 0 Å². The number of likely N-dealkylation sites (tertiary alicyclic amines) is 2. The summed E-state index contributed by atoms with van der Waals surface area (Å²) in [4.78, 5) is 15.8. The summed E-state index contributed by atoms with van der Waals surface area (Å²) >= 11 is 0. The first-order valence-electron chi connectivity index (χ1n) is 6.63. The maximum Gasteiger partial charge on any atom is 0.131 e. The van der Waals surface area contributed by atoms with Crippen molar-refractivity contribution in [2.45, 2.75) is 33.1 Å². The van der Waals surface area contributed by atoms with E-state index in [4.69, 9.17) is 0 Å². The molecule has 0 unspecified atom stereocenters. The van der Waals surface area contributed by atoms with E-state index in [9.17, 15) is 4.79 Å². The molecule has 3 nitrogen and oxygen atoms in total. The van der Waals surface area contributed by atoms with Crippen LogP contribution in [0.3, 0.4) is 0 Å². The Kier molecular flexibility index (Phi) is 3.57. The lowest BCUT2D eigenvalue weighted by atomic mass is 9.72. The predicted molar refractivity (Wildman–Crippen MR) is 69.8 cm³/mol. The number of carbonyl (C=O) groups is 1. The van der Waals surface area contributed by atoms with Crippen LogP contribution in [0.1, 0.15) is 33.1 Å². The van der Waals surface area contributed by atoms with Crippen molar-refractivity contribution in [2.24, 2.45) is 5.41 Å². The number of nitrogens with zero attached hydrogens (tertiary/aromatic N) is 2. The van der Waals surface area contributed by atoms with Gasteiger partial charge in [-0.1, -0.05) is 6.58 Å². The van der Waals surface area contributed by atoms with Crippen LogP contribution in [0.25, 0.3) is 0 Å². The van der Waals surface area contributed by atoms with E-state index in [2.05, 4.69) is 23.3 Å². The molecule has 0 aliphatic carbocycles. The van der Waals surface area contributed by atoms with Gasteiger partial charge in [0.25, 0.3) is 0 Å². The molecule has 2 aliphatic rings. The fourth-order valence-corrected chi connectivity index (χ4v) is 3.06. The molecule has 2 aliphatic heterocycles. The third-order valence-electron chi connectivity index (χ3n) is 4.26. The Morgan fingerprint density at radius 1 is 1.24 bits per heavy atom. The molecule has 2 heterocycles. The normalized spacial score (nSPS) is 23.5. The van der Waals surface area contributed by atoms with Crippen LogP contribution in [-0.4, -0.2) is 48.3 Å². The molecule has 2 saturated heterocycles. The summed E-state index contributed by atoms with van der Waals surface area (Å²) in [5.74, 6) is 0.308. The van der Waals surface area contributed by atoms with Gasteiger partial charge < -0.3 is 9.80 Å². The van der Waals surface area contributed by atoms with Crippen LogP contribution in [0.5, 0.6) is 0 Å². The average molecular weight is 236 g/mol. The lowest BCUT2D eigenvalue weighted by Gasteiger charge is -2.54. The third kappa shape index (κ3) is 2.89. The highest BCUT2D eigenvalue weighted by Crippen LogP contribution is 2.40. The van der Waals surface area contributed by atoms with Gasteiger partial charge in [-0.25, -0.2) is 0 Å². The van der Waals surface area contributed by atoms with Crippen LogP contribution in [0.4, 0.5) is 0 Å². The Labute approximate surface area is 104 Å². The molecule has 2 rings (SSSR count). The van der Waals surface area contributed by atoms with Gasteiger partial charge in [-0.15, -0.1) is 0 Å². The second-order valence-corrected chi connectivity index (χ2v) is 5.88. The van der Waals surface area contributed by atoms with Crippen molar-refractivity contribution < 1.29 is 4.79 Å². The van der Waals surface area contributed by atoms with E-state index in [1.54, 1.807) is 6.92 Å². The number of carbonyl (C=O) groups excluding carboxylic acids is 1. The Morgan fingerprint density at radius 2 is 1.82 bits per heavy atom. The highest BCUT2D eigenvalue weighted by molar-refractivity contribution is 5.75. The second-order valence-electron chi connectivity index (χ2n) is 5.88. The lowest BCUT2D eigenvalue weighted by Crippen LogP contribution is -2.60. The number of hydrogen-bond donors (Lipinski definition) is 0. The van der Waals surface area contributed by atoms with Gasteiger partial charge in [0.15, 0.2) is 0 Å². The van der Waals surface area contributed by atoms with Gasteiger partial charge in [0, 0.05) is 44.8 Å². The Balaban J connectivity index is 1.72. The van der Waals surface area contributed by atoms with E-state index in [1.165, 1.54) is 31.6 Å². The molecule has 0 amide bonds. The van der Waals surface area contributed by atoms with Crippen molar-refractivity contribution >= 4 is 5.78 Å². The fraction of sp³-hybridized carbons (Fsp3) is 0.786. The minimum atomic E-state index is 0.308. The standard InChI is InChI=1S/C14H24N2O/c1-12(2)16-8-5-14(6-9-16)10-15(11-14)7-4-13(3)17/h1,4-11H2,2-3H3. The molecule has 3 heteroatoms. The zero-order valence-corrected chi connectivity index (χ0v) is 11.2. The molecular weight excluding hydrogens is 212 g/mol. The van der Waals surface area contributed by atoms with E-state index in [-0.39, 0.29) is 0 Å². The lowest BCUT2D eigenvalue weighted by molar-refractivity contribution is -0.118. The second kappa shape index (κ2) is 4.81. The zero-order chi connectivity index (χ0) is 12.5. The fourth-order valence-electron chi connectivity index (χ4n) is 3.06. The molecule has 1 spiro atoms. The van der Waals surface area contributed by atoms with Gasteiger partial charge in [-0.05, 0) is 32.1 Å². The van der Waals surface area contributed by atoms with E-state index < -0.39 is 0 Å². The molecular formula is C14H24N2O. The van der Waals surface area contributed by atoms with Crippen LogP contribution < -0.4 is 0 Å². The van der Waals surface area contributed by atoms with Gasteiger partial charge in [0.05, 0.1) is 0 Å². The maximum absolute atomic E-state index is 10.9. The van der Waals surface area contributed by atoms with E-state index in [0.717, 1.165) is 19.6 Å². The van der Waals surface area contributed by atoms with Gasteiger partial charge in [-0.3, -0.25) is 4.79 Å². The van der Waals surface area contributed by atoms with Crippen LogP contribution in [0.15, 0.2) is 12.3 Å². The van der Waals surface area contributed by atoms with Gasteiger partial charge >= 0.3 is 0 Å². The highest BCUT2D eigenvalue weighted by atomic mass is 16.1. The van der Waals surface area contributed by atoms with Crippen molar-refractivity contribution in [3.8, 4) is 0 Å². The third-order valence-corrected chi connectivity index (χ3v) is 4.26. The number of piperidine rings is 1. The molecule has 17 heavy (non-hydrogen) atoms. The summed E-state index contributed by atoms with van der Waals surface area (Å²) in [7, 11) is 0. The first-order valence-corrected chi connectivity index (χ1v) is 6.63. The van der Waals surface area contributed by atoms with Crippen LogP contribution >= 0.6 is 0 Å². The first kappa shape index (κ1) is 12.6. The Hall–Kier alpha value is -0.830. The summed E-state index contributed by atoms with van der Waals surface area (Å²) in [6, 6.07) is 0. The van der Waals surface area contributed by atoms with Crippen molar-refractivity contribution in [2.75, 3.05) is 32.7 Å². The molecule has 2 fully saturated rings. The maximum atomic E-state index is 10.9. The molecule has 96 valence electrons. The molecule has 0 N–H and O–H groups in total. The summed E-state index contributed by atoms with van der Waals surface area (Å²) < 4.78 is 0. The molecule has 0 radical (unpaired) electrons. The molecule has 0 aromatic carbocycles. The number of rotatable bonds is 4. The number of allylic oxidation sites excluding steroid dienone is 1. The summed E-state index contributed by atoms with van der Waals surface area (Å²) in [6.45, 7) is 13.5. The van der Waals surface area contributed by atoms with Crippen LogP contribution in [-0.2, 0) is 4.79 Å². The van der Waals surface area contributed by atoms with Crippen molar-refractivity contribution in [1.82, 2.24) is 9.80 Å². The molecule has 0 aromatic rings. The summed E-state index contributed by atoms with van der Waals surface area (Å²) in [5, 5.41) is 0. The van der Waals surface area contributed by atoms with Gasteiger partial charge in [0.1, 0.15) is 5.78 Å². The van der Waals surface area contributed by atoms with Gasteiger partial charge in [-0.2, -0.15) is 0 Å². The Bertz CT molecular complexity index is 308. The molecule has 0 atom stereocenters. The van der Waals surface area contributed by atoms with E-state index >= 15 is 0 Å². The van der Waals surface area contributed by atoms with E-state index in [0.29, 0.717) is 17.6 Å². The summed E-state index contributed by atoms with van der Waals surface area (Å²) in [6.07, 6.45) is 3.29. The van der Waals surface area contributed by atoms with Crippen molar-refractivity contribution in [1.29, 1.82) is 0 Å². The summed E-state index contributed by atoms with van der Waals surface area (Å²) in [5.41, 5.74) is 1.76. The largest absolute Gasteiger partial charge is 0.375 e. The Morgan fingerprint density at radius 3 is 2.29 bits per heavy atom. The van der Waals surface area contributed by atoms with Crippen molar-refractivity contribution in [3.63, 3.8) is 0 Å². The molecule has 0 saturated carbocycles. The number of ketones is 1. The molecule has 0 bridgehead atoms. The SMILES string of the molecule is C=C(C)N1CCC2(CC1)CN(CCC(C)=O)C2. The van der Waals surface area contributed by atoms with Crippen LogP contribution in [0, 0.1) is 5.41 Å². The molecule has 0 aromatic heterocycles. The topological polar surface area (TPSA) is 23.6 Å². The predicted octanol–water partition coefficient (Wildman–Crippen LogP) is 1.90. The van der Waals surface area contributed by atoms with Crippen molar-refractivity contribution in [3.05, 3.63) is 12.3 Å². The van der Waals surface area contributed by atoms with Crippen LogP contribution in [0.2, 0.25) is 0 Å². The average Bonchev–Trinajstić information content (AvgIpc) is 2.23. The minimum absolute atomic E-state index is 0.308. The first-order chi connectivity index (χ1) is 8.01. The smallest absolute Gasteiger partial charge is 0.131 e. The minimum Gasteiger partial charge on any atom is -0.375 e. The number of Topliss-reactive ketones (excluding diaryl/α,β-unsaturated/α-hetero) is 1. The highest BCUT2D eigenvalue weighted by Gasteiger charge is 2.44. The quantitative estimate of drug-likeness (QED) is 0.745. The zero-order valence-electron chi connectivity index (χ0n) is 11.2. The number of hydrogen-bond acceptors (Lipinski definition) is 3. The van der Waals surface area contributed by atoms with Gasteiger partial charge in [0.2, 0.25) is 0 Å².